The minimum atomic E-state index is -0.839. The van der Waals surface area contributed by atoms with Gasteiger partial charge < -0.3 is 4.90 Å². The molecule has 1 aliphatic rings. The topological polar surface area (TPSA) is 49.4 Å². The van der Waals surface area contributed by atoms with Gasteiger partial charge in [-0.05, 0) is 12.3 Å². The third-order valence-corrected chi connectivity index (χ3v) is 4.27. The molecule has 0 spiro atoms. The van der Waals surface area contributed by atoms with Crippen LogP contribution >= 0.6 is 0 Å². The van der Waals surface area contributed by atoms with Crippen molar-refractivity contribution in [3.05, 3.63) is 0 Å². The third kappa shape index (κ3) is 3.52. The second kappa shape index (κ2) is 6.50. The average Bonchev–Trinajstić information content (AvgIpc) is 2.62. The molecule has 1 heterocycles. The van der Waals surface area contributed by atoms with Crippen LogP contribution in [0.4, 0.5) is 0 Å². The fraction of sp³-hybridized carbons (Fsp3) is 0.917. The number of hydrogen-bond acceptors (Lipinski definition) is 3. The first-order valence-electron chi connectivity index (χ1n) is 6.37. The lowest BCUT2D eigenvalue weighted by Crippen LogP contribution is -2.39. The van der Waals surface area contributed by atoms with E-state index in [1.807, 2.05) is 4.90 Å². The lowest BCUT2D eigenvalue weighted by atomic mass is 9.99. The predicted molar refractivity (Wildman–Crippen MR) is 71.1 cm³/mol. The SMILES string of the molecule is CCC(C)C1NC(CC)N(CCS(C)=O)C1=O. The monoisotopic (exact) mass is 260 g/mol. The number of nitrogens with one attached hydrogen (secondary N) is 1. The Balaban J connectivity index is 2.68. The van der Waals surface area contributed by atoms with E-state index >= 15 is 0 Å². The highest BCUT2D eigenvalue weighted by Crippen LogP contribution is 2.20. The fourth-order valence-electron chi connectivity index (χ4n) is 2.18. The molecule has 5 heteroatoms. The largest absolute Gasteiger partial charge is 0.325 e. The molecule has 0 bridgehead atoms. The zero-order valence-corrected chi connectivity index (χ0v) is 12.0. The van der Waals surface area contributed by atoms with Gasteiger partial charge in [-0.3, -0.25) is 14.3 Å². The summed E-state index contributed by atoms with van der Waals surface area (Å²) < 4.78 is 11.1. The summed E-state index contributed by atoms with van der Waals surface area (Å²) in [4.78, 5) is 14.1. The predicted octanol–water partition coefficient (Wildman–Crippen LogP) is 0.948. The molecule has 100 valence electrons. The van der Waals surface area contributed by atoms with Gasteiger partial charge in [0.15, 0.2) is 0 Å². The lowest BCUT2D eigenvalue weighted by Gasteiger charge is -2.22. The molecule has 1 N–H and O–H groups in total. The molecule has 1 rings (SSSR count). The van der Waals surface area contributed by atoms with Crippen molar-refractivity contribution in [2.75, 3.05) is 18.6 Å². The maximum absolute atomic E-state index is 12.3. The molecular formula is C12H24N2O2S. The Morgan fingerprint density at radius 3 is 2.59 bits per heavy atom. The van der Waals surface area contributed by atoms with Gasteiger partial charge in [0.1, 0.15) is 0 Å². The second-order valence-electron chi connectivity index (χ2n) is 4.76. The standard InChI is InChI=1S/C12H24N2O2S/c1-5-9(3)11-12(15)14(7-8-17(4)16)10(6-2)13-11/h9-11,13H,5-8H2,1-4H3. The summed E-state index contributed by atoms with van der Waals surface area (Å²) in [5.74, 6) is 1.10. The van der Waals surface area contributed by atoms with Crippen LogP contribution in [0.3, 0.4) is 0 Å². The smallest absolute Gasteiger partial charge is 0.241 e. The van der Waals surface area contributed by atoms with Crippen molar-refractivity contribution in [3.8, 4) is 0 Å². The Bertz CT molecular complexity index is 296. The molecule has 1 aliphatic heterocycles. The van der Waals surface area contributed by atoms with Crippen molar-refractivity contribution in [3.63, 3.8) is 0 Å². The Kier molecular flexibility index (Phi) is 5.59. The van der Waals surface area contributed by atoms with E-state index < -0.39 is 10.8 Å². The zero-order valence-electron chi connectivity index (χ0n) is 11.2. The van der Waals surface area contributed by atoms with Gasteiger partial charge in [-0.1, -0.05) is 27.2 Å². The van der Waals surface area contributed by atoms with E-state index in [0.717, 1.165) is 12.8 Å². The number of nitrogens with zero attached hydrogens (tertiary/aromatic N) is 1. The molecule has 1 saturated heterocycles. The van der Waals surface area contributed by atoms with Gasteiger partial charge in [-0.2, -0.15) is 0 Å². The molecule has 17 heavy (non-hydrogen) atoms. The van der Waals surface area contributed by atoms with Crippen molar-refractivity contribution in [2.24, 2.45) is 5.92 Å². The summed E-state index contributed by atoms with van der Waals surface area (Å²) in [7, 11) is -0.839. The maximum Gasteiger partial charge on any atom is 0.241 e. The molecule has 1 amide bonds. The highest BCUT2D eigenvalue weighted by atomic mass is 32.2. The molecule has 0 aromatic carbocycles. The number of carbonyl (C=O) groups excluding carboxylic acids is 1. The van der Waals surface area contributed by atoms with E-state index in [-0.39, 0.29) is 18.1 Å². The van der Waals surface area contributed by atoms with E-state index in [2.05, 4.69) is 26.1 Å². The van der Waals surface area contributed by atoms with Crippen LogP contribution in [0.2, 0.25) is 0 Å². The van der Waals surface area contributed by atoms with Crippen LogP contribution in [-0.4, -0.2) is 45.8 Å². The van der Waals surface area contributed by atoms with E-state index in [0.29, 0.717) is 18.2 Å². The van der Waals surface area contributed by atoms with Crippen molar-refractivity contribution >= 4 is 16.7 Å². The van der Waals surface area contributed by atoms with Crippen LogP contribution in [0, 0.1) is 5.92 Å². The Labute approximate surface area is 107 Å². The maximum atomic E-state index is 12.3. The van der Waals surface area contributed by atoms with Gasteiger partial charge in [-0.25, -0.2) is 0 Å². The van der Waals surface area contributed by atoms with Crippen molar-refractivity contribution in [1.82, 2.24) is 10.2 Å². The van der Waals surface area contributed by atoms with Gasteiger partial charge >= 0.3 is 0 Å². The van der Waals surface area contributed by atoms with Crippen LogP contribution in [0.5, 0.6) is 0 Å². The number of amides is 1. The summed E-state index contributed by atoms with van der Waals surface area (Å²) >= 11 is 0. The first-order valence-corrected chi connectivity index (χ1v) is 8.10. The average molecular weight is 260 g/mol. The van der Waals surface area contributed by atoms with Crippen molar-refractivity contribution in [2.45, 2.75) is 45.8 Å². The summed E-state index contributed by atoms with van der Waals surface area (Å²) in [5.41, 5.74) is 0. The first-order chi connectivity index (χ1) is 8.01. The van der Waals surface area contributed by atoms with E-state index in [1.165, 1.54) is 0 Å². The molecule has 0 radical (unpaired) electrons. The molecule has 4 nitrogen and oxygen atoms in total. The molecule has 0 aromatic rings. The zero-order chi connectivity index (χ0) is 13.0. The summed E-state index contributed by atoms with van der Waals surface area (Å²) in [6, 6.07) is -0.0600. The summed E-state index contributed by atoms with van der Waals surface area (Å²) in [5, 5.41) is 3.39. The lowest BCUT2D eigenvalue weighted by molar-refractivity contribution is -0.130. The fourth-order valence-corrected chi connectivity index (χ4v) is 2.63. The molecule has 4 atom stereocenters. The number of rotatable bonds is 6. The Morgan fingerprint density at radius 1 is 1.47 bits per heavy atom. The number of carbonyl (C=O) groups is 1. The van der Waals surface area contributed by atoms with Gasteiger partial charge in [0.25, 0.3) is 0 Å². The molecule has 0 aliphatic carbocycles. The molecule has 4 unspecified atom stereocenters. The highest BCUT2D eigenvalue weighted by molar-refractivity contribution is 7.84. The molecule has 1 fully saturated rings. The molecule has 0 saturated carbocycles. The Hall–Kier alpha value is -0.420. The minimum Gasteiger partial charge on any atom is -0.325 e. The van der Waals surface area contributed by atoms with E-state index in [1.54, 1.807) is 6.26 Å². The van der Waals surface area contributed by atoms with Crippen LogP contribution in [-0.2, 0) is 15.6 Å². The van der Waals surface area contributed by atoms with Crippen molar-refractivity contribution < 1.29 is 9.00 Å². The summed E-state index contributed by atoms with van der Waals surface area (Å²) in [6.45, 7) is 6.87. The highest BCUT2D eigenvalue weighted by Gasteiger charge is 2.39. The van der Waals surface area contributed by atoms with E-state index in [4.69, 9.17) is 0 Å². The van der Waals surface area contributed by atoms with Crippen LogP contribution in [0.25, 0.3) is 0 Å². The molecule has 0 aromatic heterocycles. The van der Waals surface area contributed by atoms with Gasteiger partial charge in [0.2, 0.25) is 5.91 Å². The minimum absolute atomic E-state index is 0.0600. The van der Waals surface area contributed by atoms with Gasteiger partial charge in [0, 0.05) is 29.4 Å². The molecular weight excluding hydrogens is 236 g/mol. The van der Waals surface area contributed by atoms with E-state index in [9.17, 15) is 9.00 Å². The van der Waals surface area contributed by atoms with Crippen LogP contribution < -0.4 is 5.32 Å². The third-order valence-electron chi connectivity index (χ3n) is 3.52. The Morgan fingerprint density at radius 2 is 2.12 bits per heavy atom. The quantitative estimate of drug-likeness (QED) is 0.773. The van der Waals surface area contributed by atoms with Crippen molar-refractivity contribution in [1.29, 1.82) is 0 Å². The number of hydrogen-bond donors (Lipinski definition) is 1. The van der Waals surface area contributed by atoms with Gasteiger partial charge in [0.05, 0.1) is 12.2 Å². The normalized spacial score (nSPS) is 28.5. The van der Waals surface area contributed by atoms with Gasteiger partial charge in [-0.15, -0.1) is 0 Å². The summed E-state index contributed by atoms with van der Waals surface area (Å²) in [6.07, 6.45) is 3.69. The van der Waals surface area contributed by atoms with Crippen LogP contribution in [0.1, 0.15) is 33.6 Å². The first kappa shape index (κ1) is 14.6. The van der Waals surface area contributed by atoms with Crippen LogP contribution in [0.15, 0.2) is 0 Å². The second-order valence-corrected chi connectivity index (χ2v) is 6.32.